The third-order valence-corrected chi connectivity index (χ3v) is 8.35. The predicted molar refractivity (Wildman–Crippen MR) is 137 cm³/mol. The number of nitrogens with one attached hydrogen (secondary N) is 1. The number of carbonyl (C=O) groups excluding carboxylic acids is 1. The van der Waals surface area contributed by atoms with E-state index in [0.717, 1.165) is 47.5 Å². The van der Waals surface area contributed by atoms with Crippen LogP contribution in [-0.4, -0.2) is 30.3 Å². The molecule has 35 heavy (non-hydrogen) atoms. The number of thiophene rings is 1. The molecule has 4 heterocycles. The van der Waals surface area contributed by atoms with Crippen molar-refractivity contribution in [1.29, 1.82) is 5.26 Å². The maximum Gasteiger partial charge on any atom is 0.276 e. The molecule has 1 aliphatic rings. The van der Waals surface area contributed by atoms with E-state index in [9.17, 15) is 10.1 Å². The van der Waals surface area contributed by atoms with Gasteiger partial charge in [0.25, 0.3) is 5.91 Å². The van der Waals surface area contributed by atoms with Gasteiger partial charge in [-0.3, -0.25) is 9.48 Å². The third kappa shape index (κ3) is 3.92. The first kappa shape index (κ1) is 23.2. The second kappa shape index (κ2) is 8.31. The highest BCUT2D eigenvalue weighted by Crippen LogP contribution is 2.44. The molecule has 1 N–H and O–H groups in total. The van der Waals surface area contributed by atoms with Crippen LogP contribution in [0.3, 0.4) is 0 Å². The summed E-state index contributed by atoms with van der Waals surface area (Å²) in [5.41, 5.74) is 6.43. The maximum absolute atomic E-state index is 13.2. The lowest BCUT2D eigenvalue weighted by molar-refractivity contribution is 0.102. The lowest BCUT2D eigenvalue weighted by Gasteiger charge is -2.33. The zero-order chi connectivity index (χ0) is 25.1. The summed E-state index contributed by atoms with van der Waals surface area (Å²) in [7, 11) is 1.91. The zero-order valence-corrected chi connectivity index (χ0v) is 21.7. The molecule has 4 aromatic rings. The van der Waals surface area contributed by atoms with Crippen molar-refractivity contribution in [2.24, 2.45) is 18.4 Å². The molecule has 0 radical (unpaired) electrons. The quantitative estimate of drug-likeness (QED) is 0.434. The van der Waals surface area contributed by atoms with Crippen molar-refractivity contribution in [3.8, 4) is 17.3 Å². The molecule has 1 amide bonds. The number of nitrogens with zero attached hydrogens (tertiary/aromatic N) is 6. The summed E-state index contributed by atoms with van der Waals surface area (Å²) in [6.45, 7) is 10.8. The van der Waals surface area contributed by atoms with Crippen molar-refractivity contribution in [3.63, 3.8) is 0 Å². The number of nitriles is 1. The molecular formula is C26H29N7OS. The molecule has 1 aliphatic carbocycles. The smallest absolute Gasteiger partial charge is 0.276 e. The summed E-state index contributed by atoms with van der Waals surface area (Å²) in [5.74, 6) is 0.217. The van der Waals surface area contributed by atoms with Crippen LogP contribution in [0.15, 0.2) is 18.3 Å². The molecule has 8 nitrogen and oxygen atoms in total. The Morgan fingerprint density at radius 3 is 2.71 bits per heavy atom. The van der Waals surface area contributed by atoms with E-state index < -0.39 is 0 Å². The number of rotatable bonds is 3. The summed E-state index contributed by atoms with van der Waals surface area (Å²) in [5, 5.41) is 22.6. The van der Waals surface area contributed by atoms with Crippen molar-refractivity contribution in [2.75, 3.05) is 5.32 Å². The molecule has 180 valence electrons. The van der Waals surface area contributed by atoms with Gasteiger partial charge in [-0.1, -0.05) is 20.8 Å². The van der Waals surface area contributed by atoms with Crippen LogP contribution in [0.25, 0.3) is 16.9 Å². The van der Waals surface area contributed by atoms with E-state index in [1.54, 1.807) is 16.8 Å². The van der Waals surface area contributed by atoms with E-state index in [-0.39, 0.29) is 17.0 Å². The zero-order valence-electron chi connectivity index (χ0n) is 20.9. The van der Waals surface area contributed by atoms with Crippen LogP contribution < -0.4 is 5.32 Å². The van der Waals surface area contributed by atoms with Gasteiger partial charge in [0.1, 0.15) is 11.1 Å². The van der Waals surface area contributed by atoms with Gasteiger partial charge in [-0.2, -0.15) is 15.5 Å². The fraction of sp³-hybridized carbons (Fsp3) is 0.423. The Morgan fingerprint density at radius 2 is 2.06 bits per heavy atom. The SMILES string of the molecule is Cc1nn(C)c(C)c1-c1ccnc2cc(C(=O)Nc3sc4c(c3C#N)CCC(C(C)(C)C)C4)nn12. The van der Waals surface area contributed by atoms with E-state index in [2.05, 4.69) is 47.3 Å². The van der Waals surface area contributed by atoms with Gasteiger partial charge in [0.2, 0.25) is 0 Å². The van der Waals surface area contributed by atoms with Crippen LogP contribution in [0.1, 0.15) is 65.1 Å². The van der Waals surface area contributed by atoms with Gasteiger partial charge in [0, 0.05) is 35.4 Å². The van der Waals surface area contributed by atoms with Gasteiger partial charge >= 0.3 is 0 Å². The molecule has 5 rings (SSSR count). The number of hydrogen-bond acceptors (Lipinski definition) is 6. The summed E-state index contributed by atoms with van der Waals surface area (Å²) in [4.78, 5) is 18.9. The summed E-state index contributed by atoms with van der Waals surface area (Å²) in [6, 6.07) is 5.89. The fourth-order valence-electron chi connectivity index (χ4n) is 5.04. The standard InChI is InChI=1S/C26H29N7OS/c1-14-23(15(2)32(6)30-14)20-9-10-28-22-12-19(31-33(20)22)24(34)29-25-18(13-27)17-8-7-16(26(3,4)5)11-21(17)35-25/h9-10,12,16H,7-8,11H2,1-6H3,(H,29,34). The van der Waals surface area contributed by atoms with Gasteiger partial charge in [-0.25, -0.2) is 9.50 Å². The second-order valence-electron chi connectivity index (χ2n) is 10.4. The van der Waals surface area contributed by atoms with Crippen LogP contribution in [0.2, 0.25) is 0 Å². The molecule has 0 saturated carbocycles. The monoisotopic (exact) mass is 487 g/mol. The molecule has 0 aliphatic heterocycles. The molecule has 0 aromatic carbocycles. The highest BCUT2D eigenvalue weighted by Gasteiger charge is 2.32. The van der Waals surface area contributed by atoms with E-state index in [1.807, 2.05) is 31.6 Å². The molecule has 4 aromatic heterocycles. The van der Waals surface area contributed by atoms with Crippen LogP contribution in [0.5, 0.6) is 0 Å². The van der Waals surface area contributed by atoms with E-state index in [4.69, 9.17) is 0 Å². The lowest BCUT2D eigenvalue weighted by Crippen LogP contribution is -2.26. The lowest BCUT2D eigenvalue weighted by atomic mass is 9.72. The number of hydrogen-bond donors (Lipinski definition) is 1. The second-order valence-corrected chi connectivity index (χ2v) is 11.5. The van der Waals surface area contributed by atoms with E-state index in [1.165, 1.54) is 16.2 Å². The number of fused-ring (bicyclic) bond motifs is 2. The minimum atomic E-state index is -0.344. The van der Waals surface area contributed by atoms with Crippen molar-refractivity contribution >= 4 is 27.9 Å². The first-order chi connectivity index (χ1) is 16.6. The largest absolute Gasteiger partial charge is 0.311 e. The molecule has 0 saturated heterocycles. The van der Waals surface area contributed by atoms with Crippen molar-refractivity contribution < 1.29 is 4.79 Å². The van der Waals surface area contributed by atoms with Crippen LogP contribution in [0, 0.1) is 36.5 Å². The van der Waals surface area contributed by atoms with Gasteiger partial charge in [0.15, 0.2) is 11.3 Å². The number of carbonyl (C=O) groups is 1. The Hall–Kier alpha value is -3.51. The summed E-state index contributed by atoms with van der Waals surface area (Å²) < 4.78 is 3.52. The minimum Gasteiger partial charge on any atom is -0.311 e. The highest BCUT2D eigenvalue weighted by molar-refractivity contribution is 7.16. The normalized spacial score (nSPS) is 15.7. The average Bonchev–Trinajstić information content (AvgIpc) is 3.45. The molecule has 0 fully saturated rings. The summed E-state index contributed by atoms with van der Waals surface area (Å²) >= 11 is 1.53. The van der Waals surface area contributed by atoms with Gasteiger partial charge in [-0.15, -0.1) is 11.3 Å². The third-order valence-electron chi connectivity index (χ3n) is 7.18. The molecule has 9 heteroatoms. The van der Waals surface area contributed by atoms with Crippen molar-refractivity contribution in [1.82, 2.24) is 24.4 Å². The molecule has 1 atom stereocenters. The Kier molecular flexibility index (Phi) is 5.52. The number of aryl methyl sites for hydroxylation is 2. The number of anilines is 1. The molecule has 1 unspecified atom stereocenters. The fourth-order valence-corrected chi connectivity index (χ4v) is 6.31. The minimum absolute atomic E-state index is 0.212. The van der Waals surface area contributed by atoms with E-state index in [0.29, 0.717) is 22.1 Å². The topological polar surface area (TPSA) is 101 Å². The molecule has 0 bridgehead atoms. The number of amides is 1. The Labute approximate surface area is 208 Å². The maximum atomic E-state index is 13.2. The highest BCUT2D eigenvalue weighted by atomic mass is 32.1. The molecular weight excluding hydrogens is 458 g/mol. The van der Waals surface area contributed by atoms with Crippen LogP contribution in [-0.2, 0) is 19.9 Å². The van der Waals surface area contributed by atoms with Crippen LogP contribution >= 0.6 is 11.3 Å². The van der Waals surface area contributed by atoms with E-state index >= 15 is 0 Å². The van der Waals surface area contributed by atoms with Crippen molar-refractivity contribution in [2.45, 2.75) is 53.9 Å². The van der Waals surface area contributed by atoms with Gasteiger partial charge in [0.05, 0.1) is 17.0 Å². The predicted octanol–water partition coefficient (Wildman–Crippen LogP) is 5.08. The van der Waals surface area contributed by atoms with Crippen LogP contribution in [0.4, 0.5) is 5.00 Å². The average molecular weight is 488 g/mol. The number of aromatic nitrogens is 5. The Balaban J connectivity index is 1.48. The molecule has 0 spiro atoms. The van der Waals surface area contributed by atoms with Gasteiger partial charge in [-0.05, 0) is 56.1 Å². The first-order valence-corrected chi connectivity index (χ1v) is 12.6. The first-order valence-electron chi connectivity index (χ1n) is 11.8. The summed E-state index contributed by atoms with van der Waals surface area (Å²) in [6.07, 6.45) is 4.59. The Bertz CT molecular complexity index is 1510. The Morgan fingerprint density at radius 1 is 1.29 bits per heavy atom. The van der Waals surface area contributed by atoms with Crippen molar-refractivity contribution in [3.05, 3.63) is 51.4 Å². The van der Waals surface area contributed by atoms with Gasteiger partial charge < -0.3 is 5.32 Å².